The number of nitrogens with one attached hydrogen (secondary N) is 1. The Morgan fingerprint density at radius 1 is 1.32 bits per heavy atom. The van der Waals surface area contributed by atoms with Crippen molar-refractivity contribution in [3.63, 3.8) is 0 Å². The molecule has 0 unspecified atom stereocenters. The first-order chi connectivity index (χ1) is 9.08. The lowest BCUT2D eigenvalue weighted by Crippen LogP contribution is -2.37. The van der Waals surface area contributed by atoms with Gasteiger partial charge in [-0.25, -0.2) is 4.79 Å². The number of carbonyl (C=O) groups excluding carboxylic acids is 1. The van der Waals surface area contributed by atoms with E-state index in [2.05, 4.69) is 5.32 Å². The van der Waals surface area contributed by atoms with E-state index in [0.717, 1.165) is 5.56 Å². The third-order valence-corrected chi connectivity index (χ3v) is 3.29. The fourth-order valence-corrected chi connectivity index (χ4v) is 2.23. The van der Waals surface area contributed by atoms with Crippen molar-refractivity contribution in [3.8, 4) is 0 Å². The van der Waals surface area contributed by atoms with Crippen LogP contribution in [0.25, 0.3) is 0 Å². The molecule has 0 aliphatic heterocycles. The van der Waals surface area contributed by atoms with Gasteiger partial charge in [-0.15, -0.1) is 0 Å². The number of hydrogen-bond donors (Lipinski definition) is 2. The molecule has 1 aromatic carbocycles. The predicted molar refractivity (Wildman–Crippen MR) is 71.6 cm³/mol. The van der Waals surface area contributed by atoms with Gasteiger partial charge in [0, 0.05) is 5.92 Å². The van der Waals surface area contributed by atoms with Crippen LogP contribution in [0.15, 0.2) is 36.4 Å². The van der Waals surface area contributed by atoms with E-state index in [0.29, 0.717) is 18.4 Å². The second-order valence-electron chi connectivity index (χ2n) is 4.83. The summed E-state index contributed by atoms with van der Waals surface area (Å²) in [6.45, 7) is 1.89. The number of aliphatic carboxylic acids is 1. The van der Waals surface area contributed by atoms with Crippen molar-refractivity contribution >= 4 is 11.9 Å². The molecule has 0 aromatic heterocycles. The van der Waals surface area contributed by atoms with Crippen LogP contribution in [0.3, 0.4) is 0 Å². The molecule has 0 heterocycles. The van der Waals surface area contributed by atoms with Crippen LogP contribution in [0.5, 0.6) is 0 Å². The maximum atomic E-state index is 12.0. The fourth-order valence-electron chi connectivity index (χ4n) is 2.23. The molecule has 1 aliphatic rings. The molecular weight excluding hydrogens is 242 g/mol. The highest BCUT2D eigenvalue weighted by molar-refractivity contribution is 5.86. The van der Waals surface area contributed by atoms with Gasteiger partial charge in [0.25, 0.3) is 0 Å². The zero-order chi connectivity index (χ0) is 13.8. The maximum Gasteiger partial charge on any atom is 0.330 e. The average molecular weight is 259 g/mol. The number of hydrogen-bond acceptors (Lipinski definition) is 2. The van der Waals surface area contributed by atoms with Crippen LogP contribution in [-0.4, -0.2) is 17.0 Å². The van der Waals surface area contributed by atoms with E-state index in [1.807, 2.05) is 25.1 Å². The molecule has 0 saturated carbocycles. The summed E-state index contributed by atoms with van der Waals surface area (Å²) in [4.78, 5) is 23.3. The Kier molecular flexibility index (Phi) is 4.00. The van der Waals surface area contributed by atoms with Crippen LogP contribution in [0.2, 0.25) is 0 Å². The second kappa shape index (κ2) is 5.69. The number of carboxylic acid groups (broad SMARTS) is 1. The Balaban J connectivity index is 2.12. The molecule has 2 rings (SSSR count). The van der Waals surface area contributed by atoms with E-state index < -0.39 is 12.0 Å². The molecule has 0 fully saturated rings. The van der Waals surface area contributed by atoms with Gasteiger partial charge in [0.1, 0.15) is 0 Å². The summed E-state index contributed by atoms with van der Waals surface area (Å²) in [6.07, 6.45) is 5.28. The van der Waals surface area contributed by atoms with Gasteiger partial charge in [-0.05, 0) is 25.3 Å². The molecule has 0 bridgehead atoms. The quantitative estimate of drug-likeness (QED) is 0.815. The Morgan fingerprint density at radius 3 is 2.58 bits per heavy atom. The molecule has 1 atom stereocenters. The maximum absolute atomic E-state index is 12.0. The lowest BCUT2D eigenvalue weighted by atomic mass is 10.0. The van der Waals surface area contributed by atoms with Gasteiger partial charge in [0.05, 0.1) is 0 Å². The summed E-state index contributed by atoms with van der Waals surface area (Å²) < 4.78 is 0. The molecule has 0 saturated heterocycles. The minimum Gasteiger partial charge on any atom is -0.479 e. The molecule has 0 radical (unpaired) electrons. The zero-order valence-electron chi connectivity index (χ0n) is 10.8. The summed E-state index contributed by atoms with van der Waals surface area (Å²) in [6, 6.07) is 6.22. The number of amides is 1. The van der Waals surface area contributed by atoms with Crippen molar-refractivity contribution in [1.82, 2.24) is 5.32 Å². The van der Waals surface area contributed by atoms with Crippen LogP contribution in [0, 0.1) is 12.8 Å². The van der Waals surface area contributed by atoms with E-state index in [-0.39, 0.29) is 11.8 Å². The largest absolute Gasteiger partial charge is 0.479 e. The van der Waals surface area contributed by atoms with Crippen molar-refractivity contribution in [3.05, 3.63) is 47.5 Å². The Labute approximate surface area is 112 Å². The standard InChI is InChI=1S/C15H17NO3/c1-10-5-4-8-12(9-10)13(15(18)19)16-14(17)11-6-2-3-7-11/h2-5,8-9,11,13H,6-7H2,1H3,(H,16,17)(H,18,19)/t13-/m1/s1. The van der Waals surface area contributed by atoms with E-state index >= 15 is 0 Å². The molecule has 100 valence electrons. The van der Waals surface area contributed by atoms with Gasteiger partial charge in [-0.1, -0.05) is 42.0 Å². The average Bonchev–Trinajstić information content (AvgIpc) is 2.89. The summed E-state index contributed by atoms with van der Waals surface area (Å²) in [5.74, 6) is -1.37. The first kappa shape index (κ1) is 13.3. The number of aryl methyl sites for hydroxylation is 1. The van der Waals surface area contributed by atoms with Gasteiger partial charge in [-0.2, -0.15) is 0 Å². The summed E-state index contributed by atoms with van der Waals surface area (Å²) in [7, 11) is 0. The van der Waals surface area contributed by atoms with Crippen LogP contribution in [0.1, 0.15) is 30.0 Å². The van der Waals surface area contributed by atoms with Crippen molar-refractivity contribution in [2.24, 2.45) is 5.92 Å². The number of allylic oxidation sites excluding steroid dienone is 2. The summed E-state index contributed by atoms with van der Waals surface area (Å²) in [5.41, 5.74) is 1.58. The molecule has 1 amide bonds. The Hall–Kier alpha value is -2.10. The lowest BCUT2D eigenvalue weighted by molar-refractivity contribution is -0.142. The van der Waals surface area contributed by atoms with Crippen LogP contribution >= 0.6 is 0 Å². The normalized spacial score (nSPS) is 16.3. The second-order valence-corrected chi connectivity index (χ2v) is 4.83. The SMILES string of the molecule is Cc1cccc([C@@H](NC(=O)C2CC=CC2)C(=O)O)c1. The van der Waals surface area contributed by atoms with E-state index in [1.54, 1.807) is 18.2 Å². The molecule has 1 aromatic rings. The van der Waals surface area contributed by atoms with E-state index in [9.17, 15) is 14.7 Å². The first-order valence-corrected chi connectivity index (χ1v) is 6.32. The minimum absolute atomic E-state index is 0.133. The smallest absolute Gasteiger partial charge is 0.330 e. The Bertz CT molecular complexity index is 514. The first-order valence-electron chi connectivity index (χ1n) is 6.32. The number of rotatable bonds is 4. The monoisotopic (exact) mass is 259 g/mol. The molecule has 0 spiro atoms. The highest BCUT2D eigenvalue weighted by Crippen LogP contribution is 2.21. The molecular formula is C15H17NO3. The number of carboxylic acids is 1. The third-order valence-electron chi connectivity index (χ3n) is 3.29. The van der Waals surface area contributed by atoms with Crippen LogP contribution < -0.4 is 5.32 Å². The van der Waals surface area contributed by atoms with Crippen molar-refractivity contribution in [2.45, 2.75) is 25.8 Å². The molecule has 1 aliphatic carbocycles. The summed E-state index contributed by atoms with van der Waals surface area (Å²) in [5, 5.41) is 11.9. The van der Waals surface area contributed by atoms with Gasteiger partial charge >= 0.3 is 5.97 Å². The zero-order valence-corrected chi connectivity index (χ0v) is 10.8. The van der Waals surface area contributed by atoms with Gasteiger partial charge < -0.3 is 10.4 Å². The van der Waals surface area contributed by atoms with E-state index in [4.69, 9.17) is 0 Å². The van der Waals surface area contributed by atoms with Gasteiger partial charge in [0.2, 0.25) is 5.91 Å². The summed E-state index contributed by atoms with van der Waals surface area (Å²) >= 11 is 0. The van der Waals surface area contributed by atoms with Crippen LogP contribution in [-0.2, 0) is 9.59 Å². The lowest BCUT2D eigenvalue weighted by Gasteiger charge is -2.18. The predicted octanol–water partition coefficient (Wildman–Crippen LogP) is 2.20. The molecule has 4 heteroatoms. The topological polar surface area (TPSA) is 66.4 Å². The highest BCUT2D eigenvalue weighted by atomic mass is 16.4. The number of benzene rings is 1. The minimum atomic E-state index is -1.04. The van der Waals surface area contributed by atoms with Gasteiger partial charge in [-0.3, -0.25) is 4.79 Å². The number of carbonyl (C=O) groups is 2. The van der Waals surface area contributed by atoms with E-state index in [1.165, 1.54) is 0 Å². The van der Waals surface area contributed by atoms with Gasteiger partial charge in [0.15, 0.2) is 6.04 Å². The van der Waals surface area contributed by atoms with Crippen molar-refractivity contribution < 1.29 is 14.7 Å². The fraction of sp³-hybridized carbons (Fsp3) is 0.333. The van der Waals surface area contributed by atoms with Crippen LogP contribution in [0.4, 0.5) is 0 Å². The molecule has 4 nitrogen and oxygen atoms in total. The third kappa shape index (κ3) is 3.22. The Morgan fingerprint density at radius 2 is 2.00 bits per heavy atom. The van der Waals surface area contributed by atoms with Crippen molar-refractivity contribution in [1.29, 1.82) is 0 Å². The highest BCUT2D eigenvalue weighted by Gasteiger charge is 2.26. The van der Waals surface area contributed by atoms with Crippen molar-refractivity contribution in [2.75, 3.05) is 0 Å². The molecule has 2 N–H and O–H groups in total. The molecule has 19 heavy (non-hydrogen) atoms.